The van der Waals surface area contributed by atoms with E-state index in [4.69, 9.17) is 0 Å². The molecule has 1 fully saturated rings. The highest BCUT2D eigenvalue weighted by Crippen LogP contribution is 2.53. The number of carbonyl (C=O) groups excluding carboxylic acids is 1. The van der Waals surface area contributed by atoms with E-state index >= 15 is 0 Å². The molecule has 2 rings (SSSR count). The second-order valence-electron chi connectivity index (χ2n) is 4.83. The Hall–Kier alpha value is -0.590. The van der Waals surface area contributed by atoms with Crippen molar-refractivity contribution in [1.82, 2.24) is 0 Å². The van der Waals surface area contributed by atoms with E-state index in [0.717, 1.165) is 18.8 Å². The van der Waals surface area contributed by atoms with Crippen LogP contribution < -0.4 is 0 Å². The van der Waals surface area contributed by atoms with E-state index in [1.165, 1.54) is 31.3 Å². The fraction of sp³-hybridized carbons (Fsp3) is 0.769. The molecule has 78 valence electrons. The summed E-state index contributed by atoms with van der Waals surface area (Å²) >= 11 is 0. The first kappa shape index (κ1) is 9.95. The van der Waals surface area contributed by atoms with E-state index in [9.17, 15) is 4.79 Å². The molecule has 0 spiro atoms. The molecular weight excluding hydrogens is 172 g/mol. The van der Waals surface area contributed by atoms with Crippen molar-refractivity contribution in [3.8, 4) is 0 Å². The summed E-state index contributed by atoms with van der Waals surface area (Å²) in [7, 11) is 0. The fourth-order valence-electron chi connectivity index (χ4n) is 3.33. The van der Waals surface area contributed by atoms with Gasteiger partial charge in [0.2, 0.25) is 0 Å². The van der Waals surface area contributed by atoms with Crippen molar-refractivity contribution in [2.75, 3.05) is 0 Å². The zero-order valence-electron chi connectivity index (χ0n) is 9.31. The lowest BCUT2D eigenvalue weighted by atomic mass is 9.73. The number of allylic oxidation sites excluding steroid dienone is 2. The lowest BCUT2D eigenvalue weighted by Crippen LogP contribution is -2.22. The summed E-state index contributed by atoms with van der Waals surface area (Å²) in [5, 5.41) is 0. The molecule has 1 nitrogen and oxygen atoms in total. The zero-order valence-corrected chi connectivity index (χ0v) is 9.31. The molecule has 2 aliphatic carbocycles. The maximum atomic E-state index is 11.4. The SMILES string of the molecule is CCC1(CC)CCC2CCC(=O)C=C21. The van der Waals surface area contributed by atoms with Crippen LogP contribution in [0, 0.1) is 11.3 Å². The Bertz CT molecular complexity index is 271. The standard InChI is InChI=1S/C13H20O/c1-3-13(4-2)8-7-10-5-6-11(14)9-12(10)13/h9-10H,3-8H2,1-2H3. The van der Waals surface area contributed by atoms with Crippen molar-refractivity contribution >= 4 is 5.78 Å². The molecular formula is C13H20O. The van der Waals surface area contributed by atoms with Crippen LogP contribution in [0.3, 0.4) is 0 Å². The number of fused-ring (bicyclic) bond motifs is 1. The Morgan fingerprint density at radius 1 is 1.36 bits per heavy atom. The Morgan fingerprint density at radius 3 is 2.71 bits per heavy atom. The molecule has 0 N–H and O–H groups in total. The normalized spacial score (nSPS) is 30.0. The van der Waals surface area contributed by atoms with E-state index in [1.54, 1.807) is 0 Å². The van der Waals surface area contributed by atoms with Gasteiger partial charge in [0.05, 0.1) is 0 Å². The predicted molar refractivity (Wildman–Crippen MR) is 58.1 cm³/mol. The first-order valence-electron chi connectivity index (χ1n) is 5.97. The second-order valence-corrected chi connectivity index (χ2v) is 4.83. The molecule has 2 aliphatic rings. The van der Waals surface area contributed by atoms with Crippen molar-refractivity contribution in [2.45, 2.75) is 52.4 Å². The lowest BCUT2D eigenvalue weighted by molar-refractivity contribution is -0.115. The minimum absolute atomic E-state index is 0.365. The lowest BCUT2D eigenvalue weighted by Gasteiger charge is -2.31. The van der Waals surface area contributed by atoms with Gasteiger partial charge in [0, 0.05) is 6.42 Å². The minimum Gasteiger partial charge on any atom is -0.295 e. The topological polar surface area (TPSA) is 17.1 Å². The predicted octanol–water partition coefficient (Wildman–Crippen LogP) is 3.49. The molecule has 1 heteroatoms. The quantitative estimate of drug-likeness (QED) is 0.654. The smallest absolute Gasteiger partial charge is 0.155 e. The summed E-state index contributed by atoms with van der Waals surface area (Å²) in [6.07, 6.45) is 8.93. The van der Waals surface area contributed by atoms with Gasteiger partial charge in [-0.3, -0.25) is 4.79 Å². The summed E-state index contributed by atoms with van der Waals surface area (Å²) in [6.45, 7) is 4.54. The highest BCUT2D eigenvalue weighted by Gasteiger charge is 2.42. The van der Waals surface area contributed by atoms with Gasteiger partial charge in [0.15, 0.2) is 5.78 Å². The first-order valence-corrected chi connectivity index (χ1v) is 5.97. The number of ketones is 1. The number of hydrogen-bond donors (Lipinski definition) is 0. The van der Waals surface area contributed by atoms with Crippen LogP contribution in [-0.2, 0) is 4.79 Å². The molecule has 0 saturated heterocycles. The summed E-state index contributed by atoms with van der Waals surface area (Å²) in [5.74, 6) is 1.11. The van der Waals surface area contributed by atoms with Crippen LogP contribution in [0.15, 0.2) is 11.6 Å². The molecule has 0 aromatic rings. The summed E-state index contributed by atoms with van der Waals surface area (Å²) in [4.78, 5) is 11.4. The van der Waals surface area contributed by atoms with Gasteiger partial charge < -0.3 is 0 Å². The highest BCUT2D eigenvalue weighted by atomic mass is 16.1. The van der Waals surface area contributed by atoms with Crippen molar-refractivity contribution in [3.05, 3.63) is 11.6 Å². The Kier molecular flexibility index (Phi) is 2.50. The van der Waals surface area contributed by atoms with Gasteiger partial charge in [-0.15, -0.1) is 0 Å². The van der Waals surface area contributed by atoms with Crippen LogP contribution in [0.4, 0.5) is 0 Å². The van der Waals surface area contributed by atoms with Gasteiger partial charge in [-0.2, -0.15) is 0 Å². The molecule has 0 heterocycles. The van der Waals surface area contributed by atoms with E-state index < -0.39 is 0 Å². The fourth-order valence-corrected chi connectivity index (χ4v) is 3.33. The summed E-state index contributed by atoms with van der Waals surface area (Å²) in [6, 6.07) is 0. The third-order valence-corrected chi connectivity index (χ3v) is 4.43. The summed E-state index contributed by atoms with van der Waals surface area (Å²) in [5.41, 5.74) is 1.89. The average molecular weight is 192 g/mol. The first-order chi connectivity index (χ1) is 6.72. The highest BCUT2D eigenvalue weighted by molar-refractivity contribution is 5.91. The monoisotopic (exact) mass is 192 g/mol. The van der Waals surface area contributed by atoms with Crippen molar-refractivity contribution in [3.63, 3.8) is 0 Å². The maximum absolute atomic E-state index is 11.4. The summed E-state index contributed by atoms with van der Waals surface area (Å²) < 4.78 is 0. The third-order valence-electron chi connectivity index (χ3n) is 4.43. The van der Waals surface area contributed by atoms with Gasteiger partial charge in [0.1, 0.15) is 0 Å². The molecule has 1 unspecified atom stereocenters. The van der Waals surface area contributed by atoms with Crippen LogP contribution >= 0.6 is 0 Å². The molecule has 0 aliphatic heterocycles. The number of hydrogen-bond acceptors (Lipinski definition) is 1. The van der Waals surface area contributed by atoms with E-state index in [1.807, 2.05) is 6.08 Å². The van der Waals surface area contributed by atoms with Crippen molar-refractivity contribution < 1.29 is 4.79 Å². The average Bonchev–Trinajstić information content (AvgIpc) is 2.57. The van der Waals surface area contributed by atoms with E-state index in [0.29, 0.717) is 11.2 Å². The Morgan fingerprint density at radius 2 is 2.07 bits per heavy atom. The zero-order chi connectivity index (χ0) is 10.2. The maximum Gasteiger partial charge on any atom is 0.155 e. The van der Waals surface area contributed by atoms with Gasteiger partial charge in [0.25, 0.3) is 0 Å². The van der Waals surface area contributed by atoms with Gasteiger partial charge in [-0.25, -0.2) is 0 Å². The number of carbonyl (C=O) groups is 1. The largest absolute Gasteiger partial charge is 0.295 e. The molecule has 0 aromatic heterocycles. The third kappa shape index (κ3) is 1.34. The van der Waals surface area contributed by atoms with Gasteiger partial charge in [-0.05, 0) is 49.5 Å². The van der Waals surface area contributed by atoms with Crippen LogP contribution in [-0.4, -0.2) is 5.78 Å². The molecule has 0 radical (unpaired) electrons. The van der Waals surface area contributed by atoms with E-state index in [2.05, 4.69) is 13.8 Å². The van der Waals surface area contributed by atoms with Crippen LogP contribution in [0.2, 0.25) is 0 Å². The van der Waals surface area contributed by atoms with Gasteiger partial charge in [-0.1, -0.05) is 19.4 Å². The molecule has 0 amide bonds. The molecule has 0 bridgehead atoms. The minimum atomic E-state index is 0.365. The molecule has 1 atom stereocenters. The van der Waals surface area contributed by atoms with Crippen molar-refractivity contribution in [2.24, 2.45) is 11.3 Å². The second kappa shape index (κ2) is 3.52. The molecule has 0 aromatic carbocycles. The van der Waals surface area contributed by atoms with Crippen LogP contribution in [0.25, 0.3) is 0 Å². The molecule has 1 saturated carbocycles. The number of rotatable bonds is 2. The van der Waals surface area contributed by atoms with Gasteiger partial charge >= 0.3 is 0 Å². The van der Waals surface area contributed by atoms with Crippen molar-refractivity contribution in [1.29, 1.82) is 0 Å². The Balaban J connectivity index is 2.34. The molecule has 14 heavy (non-hydrogen) atoms. The van der Waals surface area contributed by atoms with E-state index in [-0.39, 0.29) is 0 Å². The van der Waals surface area contributed by atoms with Crippen LogP contribution in [0.5, 0.6) is 0 Å². The van der Waals surface area contributed by atoms with Crippen LogP contribution in [0.1, 0.15) is 52.4 Å². The Labute approximate surface area is 86.6 Å².